The van der Waals surface area contributed by atoms with E-state index >= 15 is 0 Å². The molecular weight excluding hydrogens is 683 g/mol. The molecule has 0 aliphatic carbocycles. The number of rotatable bonds is 3. The first-order valence-electron chi connectivity index (χ1n) is 17.8. The van der Waals surface area contributed by atoms with Crippen molar-refractivity contribution in [3.8, 4) is 28.3 Å². The number of fused-ring (bicyclic) bond motifs is 14. The monoisotopic (exact) mass is 709 g/mol. The number of hydrogen-bond acceptors (Lipinski definition) is 4. The topological polar surface area (TPSA) is 30.7 Å². The van der Waals surface area contributed by atoms with E-state index in [1.54, 1.807) is 11.3 Å². The van der Waals surface area contributed by atoms with E-state index in [0.29, 0.717) is 5.95 Å². The minimum Gasteiger partial charge on any atom is -0.277 e. The average Bonchev–Trinajstić information content (AvgIpc) is 3.90. The van der Waals surface area contributed by atoms with Crippen LogP contribution in [0.25, 0.3) is 112 Å². The van der Waals surface area contributed by atoms with Crippen LogP contribution in [0.15, 0.2) is 164 Å². The van der Waals surface area contributed by atoms with Crippen molar-refractivity contribution in [3.63, 3.8) is 0 Å². The zero-order chi connectivity index (χ0) is 34.6. The van der Waals surface area contributed by atoms with Gasteiger partial charge in [0.15, 0.2) is 0 Å². The number of benzene rings is 8. The van der Waals surface area contributed by atoms with Crippen LogP contribution in [-0.2, 0) is 0 Å². The SMILES string of the molecule is c1ccc2cc(-c3ccc(-c4nc(-n5c6ccccc6c6c7ccccc7c7sc8ccccc8c7c65)nc5sc6ccccc6c45)cc3)ccc2c1. The van der Waals surface area contributed by atoms with Crippen molar-refractivity contribution in [2.24, 2.45) is 0 Å². The molecule has 4 aromatic heterocycles. The fraction of sp³-hybridized carbons (Fsp3) is 0. The smallest absolute Gasteiger partial charge is 0.236 e. The van der Waals surface area contributed by atoms with Crippen molar-refractivity contribution in [2.45, 2.75) is 0 Å². The highest BCUT2D eigenvalue weighted by molar-refractivity contribution is 7.27. The third-order valence-electron chi connectivity index (χ3n) is 10.8. The van der Waals surface area contributed by atoms with Crippen LogP contribution in [0, 0.1) is 0 Å². The molecule has 0 bridgehead atoms. The normalized spacial score (nSPS) is 12.2. The van der Waals surface area contributed by atoms with Gasteiger partial charge in [-0.1, -0.05) is 140 Å². The zero-order valence-corrected chi connectivity index (χ0v) is 29.9. The van der Waals surface area contributed by atoms with Crippen molar-refractivity contribution < 1.29 is 0 Å². The van der Waals surface area contributed by atoms with Crippen molar-refractivity contribution in [1.29, 1.82) is 0 Å². The lowest BCUT2D eigenvalue weighted by atomic mass is 9.99. The lowest BCUT2D eigenvalue weighted by Gasteiger charge is -2.12. The first-order chi connectivity index (χ1) is 26.3. The lowest BCUT2D eigenvalue weighted by Crippen LogP contribution is -2.03. The van der Waals surface area contributed by atoms with Crippen molar-refractivity contribution in [2.75, 3.05) is 0 Å². The largest absolute Gasteiger partial charge is 0.277 e. The molecule has 0 saturated heterocycles. The van der Waals surface area contributed by atoms with E-state index in [1.165, 1.54) is 73.7 Å². The van der Waals surface area contributed by atoms with E-state index in [1.807, 2.05) is 11.3 Å². The van der Waals surface area contributed by atoms with E-state index in [-0.39, 0.29) is 0 Å². The Morgan fingerprint density at radius 1 is 0.415 bits per heavy atom. The first kappa shape index (κ1) is 29.2. The minimum absolute atomic E-state index is 0.690. The van der Waals surface area contributed by atoms with Crippen LogP contribution >= 0.6 is 22.7 Å². The summed E-state index contributed by atoms with van der Waals surface area (Å²) < 4.78 is 6.13. The van der Waals surface area contributed by atoms with Gasteiger partial charge in [-0.25, -0.2) is 9.97 Å². The molecule has 8 aromatic carbocycles. The summed E-state index contributed by atoms with van der Waals surface area (Å²) in [4.78, 5) is 12.0. The molecule has 5 heteroatoms. The summed E-state index contributed by atoms with van der Waals surface area (Å²) in [6.45, 7) is 0. The molecule has 53 heavy (non-hydrogen) atoms. The van der Waals surface area contributed by atoms with Gasteiger partial charge in [-0.3, -0.25) is 4.57 Å². The van der Waals surface area contributed by atoms with Crippen LogP contribution in [0.5, 0.6) is 0 Å². The van der Waals surface area contributed by atoms with Gasteiger partial charge in [0, 0.05) is 57.4 Å². The summed E-state index contributed by atoms with van der Waals surface area (Å²) >= 11 is 3.62. The number of nitrogens with zero attached hydrogens (tertiary/aromatic N) is 3. The van der Waals surface area contributed by atoms with Crippen molar-refractivity contribution in [3.05, 3.63) is 164 Å². The third kappa shape index (κ3) is 4.20. The van der Waals surface area contributed by atoms with Gasteiger partial charge >= 0.3 is 0 Å². The van der Waals surface area contributed by atoms with Gasteiger partial charge in [-0.15, -0.1) is 22.7 Å². The van der Waals surface area contributed by atoms with Gasteiger partial charge in [0.1, 0.15) is 4.83 Å². The third-order valence-corrected chi connectivity index (χ3v) is 13.1. The molecular formula is C48H27N3S2. The highest BCUT2D eigenvalue weighted by Crippen LogP contribution is 2.48. The second-order valence-corrected chi connectivity index (χ2v) is 15.8. The second kappa shape index (κ2) is 11.1. The van der Waals surface area contributed by atoms with Crippen LogP contribution in [0.4, 0.5) is 0 Å². The Hall–Kier alpha value is -6.40. The summed E-state index contributed by atoms with van der Waals surface area (Å²) in [7, 11) is 0. The maximum atomic E-state index is 5.59. The van der Waals surface area contributed by atoms with Crippen LogP contribution in [0.2, 0.25) is 0 Å². The Morgan fingerprint density at radius 3 is 1.83 bits per heavy atom. The number of aromatic nitrogens is 3. The molecule has 0 spiro atoms. The fourth-order valence-electron chi connectivity index (χ4n) is 8.44. The second-order valence-electron chi connectivity index (χ2n) is 13.7. The molecule has 12 aromatic rings. The number of thiophene rings is 2. The van der Waals surface area contributed by atoms with Gasteiger partial charge in [0.2, 0.25) is 5.95 Å². The highest BCUT2D eigenvalue weighted by atomic mass is 32.1. The van der Waals surface area contributed by atoms with Crippen LogP contribution in [0.1, 0.15) is 0 Å². The maximum Gasteiger partial charge on any atom is 0.236 e. The van der Waals surface area contributed by atoms with E-state index < -0.39 is 0 Å². The summed E-state index contributed by atoms with van der Waals surface area (Å²) in [6.07, 6.45) is 0. The molecule has 0 amide bonds. The van der Waals surface area contributed by atoms with Crippen molar-refractivity contribution >= 4 is 106 Å². The van der Waals surface area contributed by atoms with Gasteiger partial charge in [-0.2, -0.15) is 0 Å². The molecule has 3 nitrogen and oxygen atoms in total. The molecule has 4 heterocycles. The van der Waals surface area contributed by atoms with Crippen molar-refractivity contribution in [1.82, 2.24) is 14.5 Å². The molecule has 0 aliphatic rings. The molecule has 246 valence electrons. The number of hydrogen-bond donors (Lipinski definition) is 0. The molecule has 0 saturated carbocycles. The Balaban J connectivity index is 1.18. The van der Waals surface area contributed by atoms with Gasteiger partial charge < -0.3 is 0 Å². The molecule has 0 radical (unpaired) electrons. The molecule has 0 fully saturated rings. The molecule has 0 unspecified atom stereocenters. The Morgan fingerprint density at radius 2 is 1.02 bits per heavy atom. The standard InChI is InChI=1S/C48H27N3S2/c1-2-12-31-27-32(26-23-28(31)11-1)29-21-24-30(25-22-29)44-42-36-16-6-10-20-40(36)53-47(42)50-48(49-44)51-38-18-8-5-15-35(38)41-33-13-3-4-14-34(33)46-43(45(41)51)37-17-7-9-19-39(37)52-46/h1-27H. The molecule has 0 N–H and O–H groups in total. The Kier molecular flexibility index (Phi) is 6.09. The first-order valence-corrected chi connectivity index (χ1v) is 19.5. The molecule has 12 rings (SSSR count). The minimum atomic E-state index is 0.690. The van der Waals surface area contributed by atoms with Gasteiger partial charge in [0.25, 0.3) is 0 Å². The number of para-hydroxylation sites is 1. The Labute approximate surface area is 311 Å². The summed E-state index contributed by atoms with van der Waals surface area (Å²) in [5.74, 6) is 0.690. The maximum absolute atomic E-state index is 5.59. The van der Waals surface area contributed by atoms with Crippen LogP contribution in [0.3, 0.4) is 0 Å². The van der Waals surface area contributed by atoms with Gasteiger partial charge in [-0.05, 0) is 51.6 Å². The fourth-order valence-corrected chi connectivity index (χ4v) is 10.8. The Bertz CT molecular complexity index is 3460. The predicted octanol–water partition coefficient (Wildman–Crippen LogP) is 13.9. The van der Waals surface area contributed by atoms with Crippen LogP contribution in [-0.4, -0.2) is 14.5 Å². The van der Waals surface area contributed by atoms with Crippen LogP contribution < -0.4 is 0 Å². The predicted molar refractivity (Wildman–Crippen MR) is 228 cm³/mol. The molecule has 0 atom stereocenters. The molecule has 0 aliphatic heterocycles. The van der Waals surface area contributed by atoms with E-state index in [4.69, 9.17) is 9.97 Å². The van der Waals surface area contributed by atoms with E-state index in [0.717, 1.165) is 32.5 Å². The summed E-state index contributed by atoms with van der Waals surface area (Å²) in [5.41, 5.74) is 6.68. The zero-order valence-electron chi connectivity index (χ0n) is 28.2. The summed E-state index contributed by atoms with van der Waals surface area (Å²) in [6, 6.07) is 59.2. The quantitative estimate of drug-likeness (QED) is 0.183. The van der Waals surface area contributed by atoms with E-state index in [9.17, 15) is 0 Å². The summed E-state index contributed by atoms with van der Waals surface area (Å²) in [5, 5.41) is 12.3. The van der Waals surface area contributed by atoms with E-state index in [2.05, 4.69) is 168 Å². The highest BCUT2D eigenvalue weighted by Gasteiger charge is 2.24. The van der Waals surface area contributed by atoms with Gasteiger partial charge in [0.05, 0.1) is 16.7 Å². The lowest BCUT2D eigenvalue weighted by molar-refractivity contribution is 1.02. The average molecular weight is 710 g/mol.